The zero-order valence-electron chi connectivity index (χ0n) is 12.3. The van der Waals surface area contributed by atoms with E-state index in [-0.39, 0.29) is 0 Å². The minimum Gasteiger partial charge on any atom is -0.361 e. The molecular formula is C17H14N4O2. The molecule has 0 aliphatic rings. The van der Waals surface area contributed by atoms with Crippen LogP contribution in [-0.4, -0.2) is 15.3 Å². The van der Waals surface area contributed by atoms with Crippen molar-refractivity contribution in [2.75, 3.05) is 0 Å². The monoisotopic (exact) mass is 306 g/mol. The topological polar surface area (TPSA) is 91.0 Å². The molecule has 4 aromatic rings. The molecule has 114 valence electrons. The van der Waals surface area contributed by atoms with E-state index in [1.165, 1.54) is 0 Å². The summed E-state index contributed by atoms with van der Waals surface area (Å²) < 4.78 is 10.4. The van der Waals surface area contributed by atoms with Gasteiger partial charge in [-0.2, -0.15) is 4.98 Å². The van der Waals surface area contributed by atoms with Crippen LogP contribution in [0.4, 0.5) is 0 Å². The fourth-order valence-electron chi connectivity index (χ4n) is 2.49. The van der Waals surface area contributed by atoms with Gasteiger partial charge in [0.05, 0.1) is 12.6 Å². The summed E-state index contributed by atoms with van der Waals surface area (Å²) in [6, 6.07) is 14.0. The van der Waals surface area contributed by atoms with Crippen molar-refractivity contribution in [1.82, 2.24) is 15.3 Å². The van der Waals surface area contributed by atoms with Gasteiger partial charge in [0.1, 0.15) is 5.76 Å². The maximum absolute atomic E-state index is 5.67. The second-order valence-electron chi connectivity index (χ2n) is 5.27. The van der Waals surface area contributed by atoms with Crippen molar-refractivity contribution in [3.05, 3.63) is 65.8 Å². The summed E-state index contributed by atoms with van der Waals surface area (Å²) in [6.45, 7) is 0.534. The summed E-state index contributed by atoms with van der Waals surface area (Å²) in [5, 5.41) is 9.89. The standard InChI is InChI=1S/C17H14N4O2/c18-10-11-1-2-13-8-14(4-3-12(13)7-11)17-20-16(21-23-17)9-15-5-6-19-22-15/h1-8H,9-10,18H2. The van der Waals surface area contributed by atoms with Crippen LogP contribution >= 0.6 is 0 Å². The lowest BCUT2D eigenvalue weighted by molar-refractivity contribution is 0.382. The van der Waals surface area contributed by atoms with Gasteiger partial charge < -0.3 is 14.8 Å². The summed E-state index contributed by atoms with van der Waals surface area (Å²) in [5.41, 5.74) is 7.67. The van der Waals surface area contributed by atoms with Crippen molar-refractivity contribution in [3.8, 4) is 11.5 Å². The molecule has 0 bridgehead atoms. The van der Waals surface area contributed by atoms with Crippen molar-refractivity contribution in [2.45, 2.75) is 13.0 Å². The van der Waals surface area contributed by atoms with Crippen LogP contribution in [0.25, 0.3) is 22.2 Å². The molecule has 2 aromatic carbocycles. The lowest BCUT2D eigenvalue weighted by Crippen LogP contribution is -1.95. The van der Waals surface area contributed by atoms with Crippen LogP contribution < -0.4 is 5.73 Å². The average molecular weight is 306 g/mol. The van der Waals surface area contributed by atoms with Crippen molar-refractivity contribution in [2.24, 2.45) is 5.73 Å². The quantitative estimate of drug-likeness (QED) is 0.623. The minimum atomic E-state index is 0.455. The third-order valence-corrected chi connectivity index (χ3v) is 3.68. The average Bonchev–Trinajstić information content (AvgIpc) is 3.26. The van der Waals surface area contributed by atoms with Crippen molar-refractivity contribution >= 4 is 10.8 Å². The molecule has 2 N–H and O–H groups in total. The Balaban J connectivity index is 1.65. The van der Waals surface area contributed by atoms with Crippen molar-refractivity contribution in [3.63, 3.8) is 0 Å². The summed E-state index contributed by atoms with van der Waals surface area (Å²) >= 11 is 0. The highest BCUT2D eigenvalue weighted by Crippen LogP contribution is 2.24. The molecule has 23 heavy (non-hydrogen) atoms. The van der Waals surface area contributed by atoms with Crippen LogP contribution in [0.1, 0.15) is 17.1 Å². The van der Waals surface area contributed by atoms with Gasteiger partial charge >= 0.3 is 0 Å². The van der Waals surface area contributed by atoms with Gasteiger partial charge in [-0.15, -0.1) is 0 Å². The highest BCUT2D eigenvalue weighted by molar-refractivity contribution is 5.86. The molecule has 6 nitrogen and oxygen atoms in total. The SMILES string of the molecule is NCc1ccc2cc(-c3nc(Cc4ccno4)no3)ccc2c1. The number of nitrogens with two attached hydrogens (primary N) is 1. The number of benzene rings is 2. The van der Waals surface area contributed by atoms with Gasteiger partial charge in [-0.1, -0.05) is 28.5 Å². The third kappa shape index (κ3) is 2.72. The van der Waals surface area contributed by atoms with E-state index >= 15 is 0 Å². The first-order chi connectivity index (χ1) is 11.3. The summed E-state index contributed by atoms with van der Waals surface area (Å²) in [7, 11) is 0. The van der Waals surface area contributed by atoms with E-state index in [0.717, 1.165) is 21.9 Å². The molecule has 0 fully saturated rings. The largest absolute Gasteiger partial charge is 0.361 e. The van der Waals surface area contributed by atoms with Gasteiger partial charge in [-0.3, -0.25) is 0 Å². The summed E-state index contributed by atoms with van der Waals surface area (Å²) in [4.78, 5) is 4.41. The van der Waals surface area contributed by atoms with Gasteiger partial charge in [0.2, 0.25) is 0 Å². The Morgan fingerprint density at radius 2 is 1.83 bits per heavy atom. The van der Waals surface area contributed by atoms with E-state index in [9.17, 15) is 0 Å². The zero-order valence-corrected chi connectivity index (χ0v) is 12.3. The first-order valence-electron chi connectivity index (χ1n) is 7.27. The summed E-state index contributed by atoms with van der Waals surface area (Å²) in [6.07, 6.45) is 2.05. The predicted octanol–water partition coefficient (Wildman–Crippen LogP) is 2.93. The molecule has 0 radical (unpaired) electrons. The van der Waals surface area contributed by atoms with E-state index in [1.807, 2.05) is 30.3 Å². The van der Waals surface area contributed by atoms with Crippen LogP contribution in [0, 0.1) is 0 Å². The maximum atomic E-state index is 5.67. The second-order valence-corrected chi connectivity index (χ2v) is 5.27. The fourth-order valence-corrected chi connectivity index (χ4v) is 2.49. The van der Waals surface area contributed by atoms with E-state index < -0.39 is 0 Å². The predicted molar refractivity (Wildman–Crippen MR) is 84.4 cm³/mol. The van der Waals surface area contributed by atoms with Gasteiger partial charge in [0, 0.05) is 18.2 Å². The molecule has 6 heteroatoms. The molecule has 0 spiro atoms. The highest BCUT2D eigenvalue weighted by atomic mass is 16.5. The lowest BCUT2D eigenvalue weighted by atomic mass is 10.0. The Morgan fingerprint density at radius 1 is 0.957 bits per heavy atom. The van der Waals surface area contributed by atoms with Crippen LogP contribution in [-0.2, 0) is 13.0 Å². The van der Waals surface area contributed by atoms with Crippen LogP contribution in [0.3, 0.4) is 0 Å². The number of nitrogens with zero attached hydrogens (tertiary/aromatic N) is 3. The molecule has 0 aliphatic heterocycles. The van der Waals surface area contributed by atoms with E-state index in [1.54, 1.807) is 12.3 Å². The first-order valence-corrected chi connectivity index (χ1v) is 7.27. The first kappa shape index (κ1) is 13.7. The molecule has 0 amide bonds. The molecule has 0 saturated carbocycles. The molecule has 0 saturated heterocycles. The molecule has 0 aliphatic carbocycles. The fraction of sp³-hybridized carbons (Fsp3) is 0.118. The third-order valence-electron chi connectivity index (χ3n) is 3.68. The number of hydrogen-bond acceptors (Lipinski definition) is 6. The van der Waals surface area contributed by atoms with Gasteiger partial charge in [-0.05, 0) is 34.5 Å². The van der Waals surface area contributed by atoms with E-state index in [0.29, 0.717) is 30.4 Å². The second kappa shape index (κ2) is 5.66. The molecule has 0 unspecified atom stereocenters. The number of aromatic nitrogens is 3. The minimum absolute atomic E-state index is 0.455. The molecular weight excluding hydrogens is 292 g/mol. The lowest BCUT2D eigenvalue weighted by Gasteiger charge is -2.02. The van der Waals surface area contributed by atoms with E-state index in [2.05, 4.69) is 21.4 Å². The molecule has 4 rings (SSSR count). The smallest absolute Gasteiger partial charge is 0.257 e. The van der Waals surface area contributed by atoms with Crippen LogP contribution in [0.2, 0.25) is 0 Å². The molecule has 2 aromatic heterocycles. The highest BCUT2D eigenvalue weighted by Gasteiger charge is 2.11. The van der Waals surface area contributed by atoms with Gasteiger partial charge in [-0.25, -0.2) is 0 Å². The normalized spacial score (nSPS) is 11.2. The summed E-state index contributed by atoms with van der Waals surface area (Å²) in [5.74, 6) is 1.75. The number of fused-ring (bicyclic) bond motifs is 1. The van der Waals surface area contributed by atoms with Crippen LogP contribution in [0.15, 0.2) is 57.7 Å². The molecule has 2 heterocycles. The Hall–Kier alpha value is -2.99. The van der Waals surface area contributed by atoms with Gasteiger partial charge in [0.25, 0.3) is 5.89 Å². The van der Waals surface area contributed by atoms with Crippen LogP contribution in [0.5, 0.6) is 0 Å². The number of rotatable bonds is 4. The Kier molecular flexibility index (Phi) is 3.36. The maximum Gasteiger partial charge on any atom is 0.257 e. The zero-order chi connectivity index (χ0) is 15.6. The van der Waals surface area contributed by atoms with Gasteiger partial charge in [0.15, 0.2) is 5.82 Å². The van der Waals surface area contributed by atoms with E-state index in [4.69, 9.17) is 14.8 Å². The number of hydrogen-bond donors (Lipinski definition) is 1. The molecule has 0 atom stereocenters. The van der Waals surface area contributed by atoms with Crippen molar-refractivity contribution in [1.29, 1.82) is 0 Å². The Bertz CT molecular complexity index is 944. The Morgan fingerprint density at radius 3 is 2.65 bits per heavy atom. The Labute approximate surface area is 131 Å². The van der Waals surface area contributed by atoms with Crippen molar-refractivity contribution < 1.29 is 9.05 Å².